The summed E-state index contributed by atoms with van der Waals surface area (Å²) in [5.74, 6) is 1.94. The highest BCUT2D eigenvalue weighted by atomic mass is 32.2. The molecule has 10 aromatic carbocycles. The molecular formula is C58H35N3S. The van der Waals surface area contributed by atoms with E-state index in [4.69, 9.17) is 15.0 Å². The van der Waals surface area contributed by atoms with E-state index in [1.807, 2.05) is 30.0 Å². The van der Waals surface area contributed by atoms with E-state index in [2.05, 4.69) is 194 Å². The molecule has 1 aromatic heterocycles. The first-order valence-electron chi connectivity index (χ1n) is 21.1. The van der Waals surface area contributed by atoms with Crippen LogP contribution < -0.4 is 0 Å². The summed E-state index contributed by atoms with van der Waals surface area (Å²) in [5, 5.41) is 7.62. The van der Waals surface area contributed by atoms with Crippen molar-refractivity contribution in [3.05, 3.63) is 235 Å². The Balaban J connectivity index is 0.994. The molecule has 0 fully saturated rings. The van der Waals surface area contributed by atoms with Crippen LogP contribution in [0.4, 0.5) is 0 Å². The van der Waals surface area contributed by atoms with Crippen molar-refractivity contribution < 1.29 is 0 Å². The van der Waals surface area contributed by atoms with Crippen molar-refractivity contribution in [3.8, 4) is 56.4 Å². The second-order valence-electron chi connectivity index (χ2n) is 16.2. The normalized spacial score (nSPS) is 13.2. The third-order valence-electron chi connectivity index (χ3n) is 13.0. The molecule has 0 radical (unpaired) electrons. The average Bonchev–Trinajstić information content (AvgIpc) is 3.64. The number of hydrogen-bond acceptors (Lipinski definition) is 4. The van der Waals surface area contributed by atoms with Crippen LogP contribution in [0.25, 0.3) is 88.7 Å². The Morgan fingerprint density at radius 1 is 0.290 bits per heavy atom. The van der Waals surface area contributed by atoms with Gasteiger partial charge in [-0.05, 0) is 95.0 Å². The lowest BCUT2D eigenvalue weighted by molar-refractivity contribution is 0.723. The van der Waals surface area contributed by atoms with Crippen LogP contribution in [0, 0.1) is 0 Å². The summed E-state index contributed by atoms with van der Waals surface area (Å²) in [6.07, 6.45) is 0. The number of aromatic nitrogens is 3. The molecule has 4 heteroatoms. The van der Waals surface area contributed by atoms with Crippen molar-refractivity contribution in [2.45, 2.75) is 15.2 Å². The van der Waals surface area contributed by atoms with E-state index in [1.54, 1.807) is 0 Å². The highest BCUT2D eigenvalue weighted by Gasteiger charge is 2.51. The van der Waals surface area contributed by atoms with Crippen LogP contribution >= 0.6 is 11.8 Å². The molecule has 0 amide bonds. The Bertz CT molecular complexity index is 3530. The van der Waals surface area contributed by atoms with E-state index in [1.165, 1.54) is 81.1 Å². The summed E-state index contributed by atoms with van der Waals surface area (Å²) in [4.78, 5) is 18.4. The maximum absolute atomic E-state index is 5.40. The van der Waals surface area contributed by atoms with Crippen LogP contribution in [-0.2, 0) is 5.41 Å². The van der Waals surface area contributed by atoms with Gasteiger partial charge in [-0.25, -0.2) is 15.0 Å². The third kappa shape index (κ3) is 5.11. The number of benzene rings is 10. The van der Waals surface area contributed by atoms with E-state index < -0.39 is 5.41 Å². The first-order chi connectivity index (χ1) is 30.7. The largest absolute Gasteiger partial charge is 0.208 e. The van der Waals surface area contributed by atoms with E-state index in [9.17, 15) is 0 Å². The maximum atomic E-state index is 5.40. The van der Waals surface area contributed by atoms with Crippen LogP contribution in [0.3, 0.4) is 0 Å². The Kier molecular flexibility index (Phi) is 7.75. The van der Waals surface area contributed by atoms with Gasteiger partial charge in [-0.15, -0.1) is 0 Å². The lowest BCUT2D eigenvalue weighted by Crippen LogP contribution is -2.32. The van der Waals surface area contributed by atoms with Gasteiger partial charge >= 0.3 is 0 Å². The number of rotatable bonds is 4. The molecular weight excluding hydrogens is 771 g/mol. The van der Waals surface area contributed by atoms with Gasteiger partial charge in [-0.1, -0.05) is 206 Å². The van der Waals surface area contributed by atoms with Gasteiger partial charge in [0.15, 0.2) is 17.5 Å². The first-order valence-corrected chi connectivity index (χ1v) is 21.9. The predicted octanol–water partition coefficient (Wildman–Crippen LogP) is 14.8. The number of fused-ring (bicyclic) bond motifs is 15. The molecule has 0 atom stereocenters. The Hall–Kier alpha value is -7.66. The fourth-order valence-corrected chi connectivity index (χ4v) is 11.6. The number of hydrogen-bond donors (Lipinski definition) is 0. The maximum Gasteiger partial charge on any atom is 0.164 e. The zero-order chi connectivity index (χ0) is 40.8. The van der Waals surface area contributed by atoms with Gasteiger partial charge < -0.3 is 0 Å². The van der Waals surface area contributed by atoms with Crippen molar-refractivity contribution in [1.29, 1.82) is 0 Å². The highest BCUT2D eigenvalue weighted by molar-refractivity contribution is 7.99. The zero-order valence-corrected chi connectivity index (χ0v) is 34.3. The molecule has 1 aliphatic heterocycles. The molecule has 2 heterocycles. The molecule has 1 aliphatic carbocycles. The van der Waals surface area contributed by atoms with Crippen LogP contribution in [0.1, 0.15) is 22.3 Å². The zero-order valence-electron chi connectivity index (χ0n) is 33.5. The summed E-state index contributed by atoms with van der Waals surface area (Å²) in [6.45, 7) is 0. The lowest BCUT2D eigenvalue weighted by atomic mass is 9.66. The van der Waals surface area contributed by atoms with Crippen LogP contribution in [-0.4, -0.2) is 15.0 Å². The van der Waals surface area contributed by atoms with Crippen molar-refractivity contribution in [1.82, 2.24) is 15.0 Å². The van der Waals surface area contributed by atoms with Gasteiger partial charge in [-0.2, -0.15) is 0 Å². The SMILES string of the molecule is c1ccc(-c2nc(-c3ccc(-c4ccc5c6ccccc6c6ccccc6c5c4)cc3)nc(-c3cccc4c3C3(c5ccccc5S4)c4ccccc4-c4ccccc43)n2)cc1. The molecule has 288 valence electrons. The third-order valence-corrected chi connectivity index (χ3v) is 14.1. The van der Waals surface area contributed by atoms with Crippen LogP contribution in [0.2, 0.25) is 0 Å². The van der Waals surface area contributed by atoms with Gasteiger partial charge in [0.1, 0.15) is 0 Å². The van der Waals surface area contributed by atoms with Crippen LogP contribution in [0.5, 0.6) is 0 Å². The van der Waals surface area contributed by atoms with Gasteiger partial charge in [0.05, 0.1) is 5.41 Å². The fourth-order valence-electron chi connectivity index (χ4n) is 10.3. The van der Waals surface area contributed by atoms with Crippen molar-refractivity contribution in [3.63, 3.8) is 0 Å². The summed E-state index contributed by atoms with van der Waals surface area (Å²) in [5.41, 5.74) is 12.2. The predicted molar refractivity (Wildman–Crippen MR) is 256 cm³/mol. The van der Waals surface area contributed by atoms with Gasteiger partial charge in [-0.3, -0.25) is 0 Å². The second kappa shape index (κ2) is 13.7. The lowest BCUT2D eigenvalue weighted by Gasteiger charge is -2.40. The van der Waals surface area contributed by atoms with Crippen molar-refractivity contribution in [2.75, 3.05) is 0 Å². The Morgan fingerprint density at radius 2 is 0.742 bits per heavy atom. The summed E-state index contributed by atoms with van der Waals surface area (Å²) >= 11 is 1.83. The second-order valence-corrected chi connectivity index (χ2v) is 17.3. The molecule has 0 saturated heterocycles. The molecule has 0 saturated carbocycles. The number of nitrogens with zero attached hydrogens (tertiary/aromatic N) is 3. The van der Waals surface area contributed by atoms with Crippen LogP contribution in [0.15, 0.2) is 222 Å². The van der Waals surface area contributed by atoms with Crippen molar-refractivity contribution in [2.24, 2.45) is 0 Å². The van der Waals surface area contributed by atoms with Gasteiger partial charge in [0.2, 0.25) is 0 Å². The quantitative estimate of drug-likeness (QED) is 0.166. The molecule has 2 aliphatic rings. The van der Waals surface area contributed by atoms with Crippen molar-refractivity contribution >= 4 is 44.1 Å². The molecule has 0 N–H and O–H groups in total. The minimum Gasteiger partial charge on any atom is -0.208 e. The first kappa shape index (κ1) is 35.1. The van der Waals surface area contributed by atoms with Gasteiger partial charge in [0, 0.05) is 26.5 Å². The summed E-state index contributed by atoms with van der Waals surface area (Å²) in [7, 11) is 0. The molecule has 62 heavy (non-hydrogen) atoms. The topological polar surface area (TPSA) is 38.7 Å². The fraction of sp³-hybridized carbons (Fsp3) is 0.0172. The Morgan fingerprint density at radius 3 is 1.40 bits per heavy atom. The molecule has 0 unspecified atom stereocenters. The monoisotopic (exact) mass is 805 g/mol. The smallest absolute Gasteiger partial charge is 0.164 e. The summed E-state index contributed by atoms with van der Waals surface area (Å²) < 4.78 is 0. The molecule has 0 bridgehead atoms. The minimum atomic E-state index is -0.570. The average molecular weight is 806 g/mol. The van der Waals surface area contributed by atoms with E-state index in [0.717, 1.165) is 22.3 Å². The highest BCUT2D eigenvalue weighted by Crippen LogP contribution is 2.63. The van der Waals surface area contributed by atoms with E-state index in [0.29, 0.717) is 17.5 Å². The van der Waals surface area contributed by atoms with E-state index >= 15 is 0 Å². The van der Waals surface area contributed by atoms with Gasteiger partial charge in [0.25, 0.3) is 0 Å². The van der Waals surface area contributed by atoms with E-state index in [-0.39, 0.29) is 0 Å². The minimum absolute atomic E-state index is 0.570. The molecule has 3 nitrogen and oxygen atoms in total. The Labute approximate surface area is 363 Å². The summed E-state index contributed by atoms with van der Waals surface area (Å²) in [6, 6.07) is 76.7. The molecule has 11 aromatic rings. The molecule has 1 spiro atoms. The standard InChI is InChI=1S/C58H35N3S/c1-2-15-37(16-3-1)55-59-56(38-31-29-36(30-32-38)39-33-34-44-42-19-5-4-17-40(42)41-18-6-7-20-43(41)48(44)35-39)61-57(60-55)47-23-14-28-53-54(47)58(51-26-12-13-27-52(51)62-53)49-24-10-8-21-45(49)46-22-9-11-25-50(46)58/h1-35H. The molecule has 13 rings (SSSR count).